The third kappa shape index (κ3) is 4.04. The van der Waals surface area contributed by atoms with Gasteiger partial charge in [0, 0.05) is 34.8 Å². The molecule has 0 N–H and O–H groups in total. The van der Waals surface area contributed by atoms with Gasteiger partial charge in [-0.2, -0.15) is 4.98 Å². The van der Waals surface area contributed by atoms with Crippen molar-refractivity contribution in [1.82, 2.24) is 14.5 Å². The first-order valence-electron chi connectivity index (χ1n) is 8.69. The lowest BCUT2D eigenvalue weighted by Gasteiger charge is -2.13. The van der Waals surface area contributed by atoms with Crippen LogP contribution < -0.4 is 5.56 Å². The Labute approximate surface area is 162 Å². The highest BCUT2D eigenvalue weighted by Gasteiger charge is 2.20. The Kier molecular flexibility index (Phi) is 5.62. The lowest BCUT2D eigenvalue weighted by molar-refractivity contribution is 0.586. The summed E-state index contributed by atoms with van der Waals surface area (Å²) in [5, 5.41) is 0.715. The number of fused-ring (bicyclic) bond motifs is 1. The third-order valence-electron chi connectivity index (χ3n) is 4.27. The number of rotatable bonds is 6. The van der Waals surface area contributed by atoms with Crippen molar-refractivity contribution in [1.29, 1.82) is 0 Å². The van der Waals surface area contributed by atoms with Gasteiger partial charge < -0.3 is 0 Å². The SMILES string of the molecule is CCCCCn1c(=O)ccc2c(-c3ccccc3Cl)nc(S(C)(=O)=O)nc21. The van der Waals surface area contributed by atoms with Crippen LogP contribution in [0.15, 0.2) is 46.3 Å². The molecule has 0 amide bonds. The lowest BCUT2D eigenvalue weighted by atomic mass is 10.1. The van der Waals surface area contributed by atoms with Crippen LogP contribution in [0.2, 0.25) is 5.02 Å². The van der Waals surface area contributed by atoms with Crippen molar-refractivity contribution in [3.8, 4) is 11.3 Å². The van der Waals surface area contributed by atoms with Crippen molar-refractivity contribution in [2.75, 3.05) is 6.26 Å². The predicted octanol–water partition coefficient (Wildman–Crippen LogP) is 3.71. The summed E-state index contributed by atoms with van der Waals surface area (Å²) < 4.78 is 25.8. The van der Waals surface area contributed by atoms with Crippen LogP contribution in [-0.4, -0.2) is 29.2 Å². The second-order valence-electron chi connectivity index (χ2n) is 6.37. The fourth-order valence-corrected chi connectivity index (χ4v) is 3.64. The number of aromatic nitrogens is 3. The number of nitrogens with zero attached hydrogens (tertiary/aromatic N) is 3. The summed E-state index contributed by atoms with van der Waals surface area (Å²) in [4.78, 5) is 20.9. The quantitative estimate of drug-likeness (QED) is 0.461. The van der Waals surface area contributed by atoms with Gasteiger partial charge in [-0.3, -0.25) is 9.36 Å². The van der Waals surface area contributed by atoms with E-state index in [1.54, 1.807) is 30.3 Å². The highest BCUT2D eigenvalue weighted by molar-refractivity contribution is 7.90. The summed E-state index contributed by atoms with van der Waals surface area (Å²) in [6, 6.07) is 10.1. The fourth-order valence-electron chi connectivity index (χ4n) is 2.91. The maximum absolute atomic E-state index is 12.4. The second-order valence-corrected chi connectivity index (χ2v) is 8.69. The number of halogens is 1. The van der Waals surface area contributed by atoms with Gasteiger partial charge in [-0.25, -0.2) is 13.4 Å². The van der Waals surface area contributed by atoms with E-state index in [1.165, 1.54) is 10.6 Å². The number of benzene rings is 1. The molecule has 0 saturated heterocycles. The first kappa shape index (κ1) is 19.5. The van der Waals surface area contributed by atoms with Crippen molar-refractivity contribution < 1.29 is 8.42 Å². The zero-order chi connectivity index (χ0) is 19.6. The first-order valence-corrected chi connectivity index (χ1v) is 11.0. The first-order chi connectivity index (χ1) is 12.8. The maximum atomic E-state index is 12.4. The Morgan fingerprint density at radius 3 is 2.48 bits per heavy atom. The largest absolute Gasteiger partial charge is 0.293 e. The number of hydrogen-bond donors (Lipinski definition) is 0. The topological polar surface area (TPSA) is 81.9 Å². The van der Waals surface area contributed by atoms with E-state index in [9.17, 15) is 13.2 Å². The molecule has 0 aliphatic heterocycles. The molecule has 0 fully saturated rings. The molecule has 8 heteroatoms. The highest BCUT2D eigenvalue weighted by Crippen LogP contribution is 2.31. The molecule has 0 radical (unpaired) electrons. The molecule has 6 nitrogen and oxygen atoms in total. The average Bonchev–Trinajstić information content (AvgIpc) is 2.62. The Bertz CT molecular complexity index is 1160. The Hall–Kier alpha value is -2.25. The summed E-state index contributed by atoms with van der Waals surface area (Å²) in [5.74, 6) is 0. The number of sulfone groups is 1. The molecule has 0 saturated carbocycles. The molecule has 0 bridgehead atoms. The third-order valence-corrected chi connectivity index (χ3v) is 5.44. The van der Waals surface area contributed by atoms with Gasteiger partial charge in [-0.05, 0) is 18.6 Å². The Morgan fingerprint density at radius 1 is 1.07 bits per heavy atom. The van der Waals surface area contributed by atoms with Gasteiger partial charge in [0.25, 0.3) is 5.56 Å². The summed E-state index contributed by atoms with van der Waals surface area (Å²) in [6.45, 7) is 2.54. The van der Waals surface area contributed by atoms with E-state index < -0.39 is 9.84 Å². The molecule has 27 heavy (non-hydrogen) atoms. The van der Waals surface area contributed by atoms with E-state index in [0.29, 0.717) is 33.9 Å². The molecular formula is C19H20ClN3O3S. The number of hydrogen-bond acceptors (Lipinski definition) is 5. The second kappa shape index (κ2) is 7.78. The van der Waals surface area contributed by atoms with Crippen molar-refractivity contribution in [2.45, 2.75) is 37.9 Å². The molecule has 1 aromatic carbocycles. The Balaban J connectivity index is 2.37. The van der Waals surface area contributed by atoms with E-state index in [0.717, 1.165) is 25.5 Å². The minimum absolute atomic E-state index is 0.220. The van der Waals surface area contributed by atoms with Crippen LogP contribution in [0.5, 0.6) is 0 Å². The molecule has 142 valence electrons. The predicted molar refractivity (Wildman–Crippen MR) is 107 cm³/mol. The summed E-state index contributed by atoms with van der Waals surface area (Å²) >= 11 is 6.32. The van der Waals surface area contributed by atoms with Crippen molar-refractivity contribution in [3.63, 3.8) is 0 Å². The van der Waals surface area contributed by atoms with E-state index in [-0.39, 0.29) is 10.7 Å². The molecule has 2 aromatic heterocycles. The molecule has 0 unspecified atom stereocenters. The minimum Gasteiger partial charge on any atom is -0.293 e. The van der Waals surface area contributed by atoms with Crippen LogP contribution in [0, 0.1) is 0 Å². The zero-order valence-electron chi connectivity index (χ0n) is 15.1. The van der Waals surface area contributed by atoms with Crippen LogP contribution >= 0.6 is 11.6 Å². The van der Waals surface area contributed by atoms with Crippen LogP contribution in [0.4, 0.5) is 0 Å². The molecule has 0 spiro atoms. The van der Waals surface area contributed by atoms with Crippen LogP contribution in [0.1, 0.15) is 26.2 Å². The van der Waals surface area contributed by atoms with Gasteiger partial charge in [0.15, 0.2) is 0 Å². The van der Waals surface area contributed by atoms with Crippen LogP contribution in [0.25, 0.3) is 22.3 Å². The molecule has 2 heterocycles. The smallest absolute Gasteiger partial charge is 0.252 e. The summed E-state index contributed by atoms with van der Waals surface area (Å²) in [5.41, 5.74) is 1.08. The van der Waals surface area contributed by atoms with Gasteiger partial charge in [0.1, 0.15) is 5.65 Å². The normalized spacial score (nSPS) is 11.8. The van der Waals surface area contributed by atoms with Gasteiger partial charge in [-0.15, -0.1) is 0 Å². The molecule has 0 aliphatic carbocycles. The van der Waals surface area contributed by atoms with Crippen molar-refractivity contribution in [3.05, 3.63) is 51.8 Å². The molecule has 0 aliphatic rings. The average molecular weight is 406 g/mol. The summed E-state index contributed by atoms with van der Waals surface area (Å²) in [7, 11) is -3.67. The van der Waals surface area contributed by atoms with Crippen molar-refractivity contribution in [2.24, 2.45) is 0 Å². The van der Waals surface area contributed by atoms with Gasteiger partial charge in [0.2, 0.25) is 15.0 Å². The molecule has 0 atom stereocenters. The molecule has 3 aromatic rings. The fraction of sp³-hybridized carbons (Fsp3) is 0.316. The number of aryl methyl sites for hydroxylation is 1. The lowest BCUT2D eigenvalue weighted by Crippen LogP contribution is -2.21. The zero-order valence-corrected chi connectivity index (χ0v) is 16.7. The maximum Gasteiger partial charge on any atom is 0.252 e. The van der Waals surface area contributed by atoms with E-state index >= 15 is 0 Å². The summed E-state index contributed by atoms with van der Waals surface area (Å²) in [6.07, 6.45) is 3.82. The number of unbranched alkanes of at least 4 members (excludes halogenated alkanes) is 2. The van der Waals surface area contributed by atoms with Gasteiger partial charge in [0.05, 0.1) is 5.69 Å². The molecular weight excluding hydrogens is 386 g/mol. The monoisotopic (exact) mass is 405 g/mol. The standard InChI is InChI=1S/C19H20ClN3O3S/c1-3-4-7-12-23-16(24)11-10-14-17(13-8-5-6-9-15(13)20)21-19(22-18(14)23)27(2,25)26/h5-6,8-11H,3-4,7,12H2,1-2H3. The van der Waals surface area contributed by atoms with Crippen molar-refractivity contribution >= 4 is 32.5 Å². The van der Waals surface area contributed by atoms with E-state index in [2.05, 4.69) is 16.9 Å². The van der Waals surface area contributed by atoms with Gasteiger partial charge in [-0.1, -0.05) is 49.6 Å². The van der Waals surface area contributed by atoms with Crippen LogP contribution in [0.3, 0.4) is 0 Å². The van der Waals surface area contributed by atoms with E-state index in [1.807, 2.05) is 0 Å². The minimum atomic E-state index is -3.67. The van der Waals surface area contributed by atoms with Crippen LogP contribution in [-0.2, 0) is 16.4 Å². The number of pyridine rings is 1. The molecule has 3 rings (SSSR count). The van der Waals surface area contributed by atoms with E-state index in [4.69, 9.17) is 11.6 Å². The Morgan fingerprint density at radius 2 is 1.81 bits per heavy atom. The van der Waals surface area contributed by atoms with Gasteiger partial charge >= 0.3 is 0 Å². The highest BCUT2D eigenvalue weighted by atomic mass is 35.5.